The first-order valence-corrected chi connectivity index (χ1v) is 3.95. The minimum Gasteiger partial charge on any atom is -0.370 e. The molecule has 2 nitrogen and oxygen atoms in total. The molecule has 0 spiro atoms. The van der Waals surface area contributed by atoms with Crippen molar-refractivity contribution >= 4 is 5.69 Å². The first-order valence-electron chi connectivity index (χ1n) is 3.95. The second kappa shape index (κ2) is 3.77. The van der Waals surface area contributed by atoms with Crippen LogP contribution in [0.1, 0.15) is 12.5 Å². The van der Waals surface area contributed by atoms with Crippen LogP contribution in [-0.2, 0) is 0 Å². The van der Waals surface area contributed by atoms with Gasteiger partial charge in [-0.25, -0.2) is 0 Å². The molecule has 1 rings (SSSR count). The lowest BCUT2D eigenvalue weighted by Gasteiger charge is -2.07. The first kappa shape index (κ1) is 8.61. The zero-order valence-electron chi connectivity index (χ0n) is 7.33. The van der Waals surface area contributed by atoms with Gasteiger partial charge in [0.1, 0.15) is 6.04 Å². The molecule has 0 saturated heterocycles. The molecule has 12 heavy (non-hydrogen) atoms. The standard InChI is InChI=1S/C10H12N2/c1-8-4-3-5-10(6-8)12-9(2)7-11/h3-6,9,12H,1-2H3. The quantitative estimate of drug-likeness (QED) is 0.720. The van der Waals surface area contributed by atoms with Crippen LogP contribution in [0, 0.1) is 18.3 Å². The molecule has 0 heterocycles. The number of nitrogens with one attached hydrogen (secondary N) is 1. The van der Waals surface area contributed by atoms with Crippen LogP contribution in [-0.4, -0.2) is 6.04 Å². The maximum atomic E-state index is 8.55. The van der Waals surface area contributed by atoms with Crippen molar-refractivity contribution in [2.45, 2.75) is 19.9 Å². The average molecular weight is 160 g/mol. The molecule has 0 amide bonds. The Bertz CT molecular complexity index is 299. The fourth-order valence-corrected chi connectivity index (χ4v) is 1.02. The predicted molar refractivity (Wildman–Crippen MR) is 49.9 cm³/mol. The Morgan fingerprint density at radius 3 is 2.83 bits per heavy atom. The summed E-state index contributed by atoms with van der Waals surface area (Å²) < 4.78 is 0. The third kappa shape index (κ3) is 2.28. The van der Waals surface area contributed by atoms with Gasteiger partial charge in [-0.15, -0.1) is 0 Å². The Labute approximate surface area is 72.8 Å². The molecule has 0 aliphatic carbocycles. The summed E-state index contributed by atoms with van der Waals surface area (Å²) in [5.74, 6) is 0. The summed E-state index contributed by atoms with van der Waals surface area (Å²) in [6, 6.07) is 9.97. The van der Waals surface area contributed by atoms with Crippen molar-refractivity contribution in [2.24, 2.45) is 0 Å². The van der Waals surface area contributed by atoms with E-state index in [0.29, 0.717) is 0 Å². The van der Waals surface area contributed by atoms with E-state index in [9.17, 15) is 0 Å². The number of benzene rings is 1. The van der Waals surface area contributed by atoms with Gasteiger partial charge in [-0.1, -0.05) is 12.1 Å². The Kier molecular flexibility index (Phi) is 2.71. The van der Waals surface area contributed by atoms with Gasteiger partial charge >= 0.3 is 0 Å². The van der Waals surface area contributed by atoms with Crippen LogP contribution < -0.4 is 5.32 Å². The van der Waals surface area contributed by atoms with Crippen molar-refractivity contribution < 1.29 is 0 Å². The smallest absolute Gasteiger partial charge is 0.111 e. The molecular formula is C10H12N2. The van der Waals surface area contributed by atoms with Gasteiger partial charge in [0, 0.05) is 5.69 Å². The van der Waals surface area contributed by atoms with Crippen molar-refractivity contribution in [3.63, 3.8) is 0 Å². The molecule has 1 aromatic carbocycles. The van der Waals surface area contributed by atoms with Crippen LogP contribution in [0.5, 0.6) is 0 Å². The van der Waals surface area contributed by atoms with Crippen molar-refractivity contribution in [3.8, 4) is 6.07 Å². The van der Waals surface area contributed by atoms with Crippen LogP contribution in [0.15, 0.2) is 24.3 Å². The van der Waals surface area contributed by atoms with Crippen LogP contribution >= 0.6 is 0 Å². The lowest BCUT2D eigenvalue weighted by atomic mass is 10.2. The van der Waals surface area contributed by atoms with Crippen LogP contribution in [0.4, 0.5) is 5.69 Å². The van der Waals surface area contributed by atoms with Crippen molar-refractivity contribution in [2.75, 3.05) is 5.32 Å². The third-order valence-corrected chi connectivity index (χ3v) is 1.59. The maximum absolute atomic E-state index is 8.55. The minimum atomic E-state index is -0.133. The summed E-state index contributed by atoms with van der Waals surface area (Å²) in [4.78, 5) is 0. The molecule has 0 fully saturated rings. The zero-order chi connectivity index (χ0) is 8.97. The topological polar surface area (TPSA) is 35.8 Å². The fraction of sp³-hybridized carbons (Fsp3) is 0.300. The molecule has 0 aliphatic rings. The summed E-state index contributed by atoms with van der Waals surface area (Å²) in [6.07, 6.45) is 0. The van der Waals surface area contributed by atoms with Gasteiger partial charge in [-0.2, -0.15) is 5.26 Å². The van der Waals surface area contributed by atoms with Gasteiger partial charge in [0.25, 0.3) is 0 Å². The van der Waals surface area contributed by atoms with Gasteiger partial charge in [0.05, 0.1) is 6.07 Å². The molecule has 1 N–H and O–H groups in total. The predicted octanol–water partition coefficient (Wildman–Crippen LogP) is 2.32. The van der Waals surface area contributed by atoms with Gasteiger partial charge < -0.3 is 5.32 Å². The number of anilines is 1. The van der Waals surface area contributed by atoms with Crippen LogP contribution in [0.25, 0.3) is 0 Å². The highest BCUT2D eigenvalue weighted by atomic mass is 14.9. The molecule has 2 heteroatoms. The van der Waals surface area contributed by atoms with Gasteiger partial charge in [-0.3, -0.25) is 0 Å². The molecule has 1 aromatic rings. The fourth-order valence-electron chi connectivity index (χ4n) is 1.02. The normalized spacial score (nSPS) is 11.8. The monoisotopic (exact) mass is 160 g/mol. The highest BCUT2D eigenvalue weighted by molar-refractivity contribution is 5.46. The third-order valence-electron chi connectivity index (χ3n) is 1.59. The second-order valence-electron chi connectivity index (χ2n) is 2.86. The Hall–Kier alpha value is -1.49. The van der Waals surface area contributed by atoms with Crippen molar-refractivity contribution in [1.29, 1.82) is 5.26 Å². The molecule has 62 valence electrons. The minimum absolute atomic E-state index is 0.133. The molecule has 0 radical (unpaired) electrons. The van der Waals surface area contributed by atoms with Gasteiger partial charge in [0.2, 0.25) is 0 Å². The summed E-state index contributed by atoms with van der Waals surface area (Å²) in [7, 11) is 0. The zero-order valence-corrected chi connectivity index (χ0v) is 7.33. The molecule has 0 saturated carbocycles. The van der Waals surface area contributed by atoms with E-state index in [-0.39, 0.29) is 6.04 Å². The summed E-state index contributed by atoms with van der Waals surface area (Å²) in [5.41, 5.74) is 2.20. The molecule has 0 bridgehead atoms. The molecule has 1 atom stereocenters. The number of nitrogens with zero attached hydrogens (tertiary/aromatic N) is 1. The van der Waals surface area contributed by atoms with E-state index < -0.39 is 0 Å². The number of rotatable bonds is 2. The summed E-state index contributed by atoms with van der Waals surface area (Å²) in [5, 5.41) is 11.6. The Balaban J connectivity index is 2.71. The number of nitriles is 1. The number of aryl methyl sites for hydroxylation is 1. The van der Waals surface area contributed by atoms with Crippen molar-refractivity contribution in [1.82, 2.24) is 0 Å². The molecule has 1 unspecified atom stereocenters. The van der Waals surface area contributed by atoms with E-state index in [1.807, 2.05) is 38.1 Å². The Morgan fingerprint density at radius 1 is 1.50 bits per heavy atom. The number of hydrogen-bond donors (Lipinski definition) is 1. The van der Waals surface area contributed by atoms with Crippen LogP contribution in [0.3, 0.4) is 0 Å². The molecule has 0 aliphatic heterocycles. The second-order valence-corrected chi connectivity index (χ2v) is 2.86. The summed E-state index contributed by atoms with van der Waals surface area (Å²) >= 11 is 0. The molecule has 0 aromatic heterocycles. The first-order chi connectivity index (χ1) is 5.72. The number of hydrogen-bond acceptors (Lipinski definition) is 2. The van der Waals surface area contributed by atoms with E-state index in [1.165, 1.54) is 5.56 Å². The van der Waals surface area contributed by atoms with E-state index in [2.05, 4.69) is 11.4 Å². The maximum Gasteiger partial charge on any atom is 0.111 e. The lowest BCUT2D eigenvalue weighted by Crippen LogP contribution is -2.11. The van der Waals surface area contributed by atoms with E-state index in [0.717, 1.165) is 5.69 Å². The van der Waals surface area contributed by atoms with Gasteiger partial charge in [0.15, 0.2) is 0 Å². The van der Waals surface area contributed by atoms with E-state index in [4.69, 9.17) is 5.26 Å². The SMILES string of the molecule is Cc1cccc(NC(C)C#N)c1. The largest absolute Gasteiger partial charge is 0.370 e. The van der Waals surface area contributed by atoms with Crippen LogP contribution in [0.2, 0.25) is 0 Å². The Morgan fingerprint density at radius 2 is 2.25 bits per heavy atom. The highest BCUT2D eigenvalue weighted by Crippen LogP contribution is 2.10. The van der Waals surface area contributed by atoms with Crippen molar-refractivity contribution in [3.05, 3.63) is 29.8 Å². The van der Waals surface area contributed by atoms with E-state index in [1.54, 1.807) is 0 Å². The lowest BCUT2D eigenvalue weighted by molar-refractivity contribution is 1.01. The average Bonchev–Trinajstić information content (AvgIpc) is 2.04. The molecular weight excluding hydrogens is 148 g/mol. The highest BCUT2D eigenvalue weighted by Gasteiger charge is 1.97. The van der Waals surface area contributed by atoms with E-state index >= 15 is 0 Å². The summed E-state index contributed by atoms with van der Waals surface area (Å²) in [6.45, 7) is 3.87. The van der Waals surface area contributed by atoms with Gasteiger partial charge in [-0.05, 0) is 31.5 Å².